The molecule has 29 heavy (non-hydrogen) atoms. The molecule has 1 aliphatic carbocycles. The van der Waals surface area contributed by atoms with E-state index in [2.05, 4.69) is 20.8 Å². The van der Waals surface area contributed by atoms with Gasteiger partial charge in [-0.05, 0) is 45.7 Å². The molecule has 2 aromatic rings. The Morgan fingerprint density at radius 3 is 2.59 bits per heavy atom. The third-order valence-electron chi connectivity index (χ3n) is 4.13. The molecule has 1 aromatic heterocycles. The third-order valence-corrected chi connectivity index (χ3v) is 5.08. The zero-order valence-corrected chi connectivity index (χ0v) is 17.5. The number of anilines is 1. The van der Waals surface area contributed by atoms with Gasteiger partial charge in [-0.2, -0.15) is 0 Å². The average Bonchev–Trinajstić information content (AvgIpc) is 3.45. The van der Waals surface area contributed by atoms with Crippen LogP contribution >= 0.6 is 11.8 Å². The molecule has 9 nitrogen and oxygen atoms in total. The van der Waals surface area contributed by atoms with E-state index in [1.807, 2.05) is 25.3 Å². The van der Waals surface area contributed by atoms with Crippen molar-refractivity contribution in [3.63, 3.8) is 0 Å². The number of rotatable bonds is 9. The molecule has 3 amide bonds. The monoisotopic (exact) mass is 419 g/mol. The van der Waals surface area contributed by atoms with Crippen molar-refractivity contribution in [2.75, 3.05) is 24.3 Å². The number of hydrogen-bond acceptors (Lipinski definition) is 7. The first kappa shape index (κ1) is 21.0. The topological polar surface area (TPSA) is 107 Å². The summed E-state index contributed by atoms with van der Waals surface area (Å²) in [7, 11) is 0. The normalized spacial score (nSPS) is 13.1. The highest BCUT2D eigenvalue weighted by atomic mass is 32.2. The first-order valence-corrected chi connectivity index (χ1v) is 10.5. The Bertz CT molecular complexity index is 881. The van der Waals surface area contributed by atoms with Crippen LogP contribution in [0.25, 0.3) is 0 Å². The number of nitrogens with zero attached hydrogens (tertiary/aromatic N) is 3. The Balaban J connectivity index is 1.52. The van der Waals surface area contributed by atoms with Crippen molar-refractivity contribution in [2.24, 2.45) is 0 Å². The highest BCUT2D eigenvalue weighted by Gasteiger charge is 2.28. The molecule has 156 valence electrons. The van der Waals surface area contributed by atoms with Crippen LogP contribution in [0.4, 0.5) is 10.5 Å². The van der Waals surface area contributed by atoms with Crippen LogP contribution in [0.2, 0.25) is 0 Å². The number of hydrogen-bond donors (Lipinski definition) is 2. The maximum Gasteiger partial charge on any atom is 0.325 e. The third kappa shape index (κ3) is 5.63. The van der Waals surface area contributed by atoms with E-state index in [9.17, 15) is 9.59 Å². The molecule has 1 saturated carbocycles. The summed E-state index contributed by atoms with van der Waals surface area (Å²) in [5.74, 6) is 1.64. The minimum absolute atomic E-state index is 0.0751. The number of urea groups is 1. The Labute approximate surface area is 173 Å². The summed E-state index contributed by atoms with van der Waals surface area (Å²) in [4.78, 5) is 24.3. The summed E-state index contributed by atoms with van der Waals surface area (Å²) in [6.07, 6.45) is 2.21. The molecule has 0 aliphatic heterocycles. The molecular weight excluding hydrogens is 394 g/mol. The summed E-state index contributed by atoms with van der Waals surface area (Å²) in [5.41, 5.74) is 0.499. The van der Waals surface area contributed by atoms with E-state index in [4.69, 9.17) is 9.47 Å². The van der Waals surface area contributed by atoms with Crippen LogP contribution < -0.4 is 20.1 Å². The lowest BCUT2D eigenvalue weighted by molar-refractivity contribution is -0.117. The predicted octanol–water partition coefficient (Wildman–Crippen LogP) is 3.16. The van der Waals surface area contributed by atoms with E-state index in [1.165, 1.54) is 11.8 Å². The van der Waals surface area contributed by atoms with Crippen LogP contribution in [-0.2, 0) is 4.79 Å². The maximum absolute atomic E-state index is 12.1. The molecule has 1 fully saturated rings. The van der Waals surface area contributed by atoms with Crippen LogP contribution in [-0.4, -0.2) is 45.7 Å². The van der Waals surface area contributed by atoms with Crippen molar-refractivity contribution < 1.29 is 19.1 Å². The van der Waals surface area contributed by atoms with Crippen molar-refractivity contribution in [1.82, 2.24) is 20.1 Å². The van der Waals surface area contributed by atoms with Gasteiger partial charge in [0.05, 0.1) is 19.0 Å². The van der Waals surface area contributed by atoms with Gasteiger partial charge in [-0.15, -0.1) is 10.2 Å². The van der Waals surface area contributed by atoms with Gasteiger partial charge >= 0.3 is 6.03 Å². The smallest absolute Gasteiger partial charge is 0.325 e. The second kappa shape index (κ2) is 9.64. The number of aromatic nitrogens is 3. The zero-order chi connectivity index (χ0) is 20.8. The molecule has 0 saturated heterocycles. The molecule has 2 N–H and O–H groups in total. The second-order valence-corrected chi connectivity index (χ2v) is 7.39. The van der Waals surface area contributed by atoms with Crippen molar-refractivity contribution in [2.45, 2.75) is 44.8 Å². The molecule has 0 radical (unpaired) electrons. The number of carbonyl (C=O) groups is 2. The van der Waals surface area contributed by atoms with Gasteiger partial charge < -0.3 is 19.4 Å². The van der Waals surface area contributed by atoms with E-state index in [0.717, 1.165) is 18.7 Å². The molecule has 1 heterocycles. The fourth-order valence-electron chi connectivity index (χ4n) is 2.79. The number of benzene rings is 1. The lowest BCUT2D eigenvalue weighted by Crippen LogP contribution is -2.35. The number of carbonyl (C=O) groups excluding carboxylic acids is 2. The number of nitrogens with one attached hydrogen (secondary N) is 2. The van der Waals surface area contributed by atoms with E-state index in [1.54, 1.807) is 18.2 Å². The van der Waals surface area contributed by atoms with Gasteiger partial charge in [-0.3, -0.25) is 10.1 Å². The first-order valence-electron chi connectivity index (χ1n) is 9.56. The van der Waals surface area contributed by atoms with Crippen LogP contribution in [0.5, 0.6) is 11.5 Å². The second-order valence-electron chi connectivity index (χ2n) is 6.45. The Hall–Kier alpha value is -2.75. The average molecular weight is 420 g/mol. The maximum atomic E-state index is 12.1. The van der Waals surface area contributed by atoms with Gasteiger partial charge in [-0.1, -0.05) is 11.8 Å². The fourth-order valence-corrected chi connectivity index (χ4v) is 3.64. The van der Waals surface area contributed by atoms with Crippen LogP contribution in [0.3, 0.4) is 0 Å². The minimum Gasteiger partial charge on any atom is -0.490 e. The predicted molar refractivity (Wildman–Crippen MR) is 110 cm³/mol. The van der Waals surface area contributed by atoms with E-state index in [0.29, 0.717) is 41.6 Å². The van der Waals surface area contributed by atoms with E-state index < -0.39 is 11.9 Å². The quantitative estimate of drug-likeness (QED) is 0.601. The molecule has 0 atom stereocenters. The van der Waals surface area contributed by atoms with Crippen molar-refractivity contribution in [3.05, 3.63) is 24.0 Å². The molecular formula is C19H25N5O4S. The number of imide groups is 1. The van der Waals surface area contributed by atoms with E-state index in [-0.39, 0.29) is 5.75 Å². The molecule has 0 bridgehead atoms. The largest absolute Gasteiger partial charge is 0.490 e. The SMILES string of the molecule is CCOc1ccc(NC(=O)NC(=O)CSc2nnc(C)n2C2CC2)cc1OCC. The van der Waals surface area contributed by atoms with Crippen molar-refractivity contribution >= 4 is 29.4 Å². The van der Waals surface area contributed by atoms with Gasteiger partial charge in [0.2, 0.25) is 5.91 Å². The van der Waals surface area contributed by atoms with Gasteiger partial charge in [-0.25, -0.2) is 4.79 Å². The van der Waals surface area contributed by atoms with Gasteiger partial charge in [0, 0.05) is 17.8 Å². The first-order chi connectivity index (χ1) is 14.0. The summed E-state index contributed by atoms with van der Waals surface area (Å²) >= 11 is 1.27. The summed E-state index contributed by atoms with van der Waals surface area (Å²) in [6, 6.07) is 4.89. The van der Waals surface area contributed by atoms with Gasteiger partial charge in [0.15, 0.2) is 16.7 Å². The molecule has 3 rings (SSSR count). The van der Waals surface area contributed by atoms with Crippen molar-refractivity contribution in [1.29, 1.82) is 0 Å². The number of amides is 3. The number of thioether (sulfide) groups is 1. The molecule has 1 aromatic carbocycles. The van der Waals surface area contributed by atoms with E-state index >= 15 is 0 Å². The number of aryl methyl sites for hydroxylation is 1. The molecule has 10 heteroatoms. The fraction of sp³-hybridized carbons (Fsp3) is 0.474. The summed E-state index contributed by atoms with van der Waals surface area (Å²) < 4.78 is 13.1. The molecule has 0 unspecified atom stereocenters. The lowest BCUT2D eigenvalue weighted by atomic mass is 10.2. The zero-order valence-electron chi connectivity index (χ0n) is 16.7. The Kier molecular flexibility index (Phi) is 6.97. The van der Waals surface area contributed by atoms with Crippen molar-refractivity contribution in [3.8, 4) is 11.5 Å². The summed E-state index contributed by atoms with van der Waals surface area (Å²) in [5, 5.41) is 13.8. The lowest BCUT2D eigenvalue weighted by Gasteiger charge is -2.13. The highest BCUT2D eigenvalue weighted by Crippen LogP contribution is 2.38. The highest BCUT2D eigenvalue weighted by molar-refractivity contribution is 7.99. The van der Waals surface area contributed by atoms with Crippen LogP contribution in [0, 0.1) is 6.92 Å². The minimum atomic E-state index is -0.609. The van der Waals surface area contributed by atoms with Crippen LogP contribution in [0.1, 0.15) is 38.6 Å². The standard InChI is InChI=1S/C19H25N5O4S/c1-4-27-15-9-6-13(10-16(15)28-5-2)20-18(26)21-17(25)11-29-19-23-22-12(3)24(19)14-7-8-14/h6,9-10,14H,4-5,7-8,11H2,1-3H3,(H2,20,21,25,26). The van der Waals surface area contributed by atoms with Gasteiger partial charge in [0.25, 0.3) is 0 Å². The summed E-state index contributed by atoms with van der Waals surface area (Å²) in [6.45, 7) is 6.62. The van der Waals surface area contributed by atoms with Crippen LogP contribution in [0.15, 0.2) is 23.4 Å². The van der Waals surface area contributed by atoms with Gasteiger partial charge in [0.1, 0.15) is 5.82 Å². The number of ether oxygens (including phenoxy) is 2. The Morgan fingerprint density at radius 2 is 1.90 bits per heavy atom. The molecule has 0 spiro atoms. The Morgan fingerprint density at radius 1 is 1.17 bits per heavy atom. The molecule has 1 aliphatic rings.